The zero-order valence-corrected chi connectivity index (χ0v) is 21.5. The molecule has 1 aromatic carbocycles. The molecule has 0 amide bonds. The van der Waals surface area contributed by atoms with Crippen molar-refractivity contribution in [2.75, 3.05) is 18.9 Å². The molecule has 7 nitrogen and oxygen atoms in total. The van der Waals surface area contributed by atoms with Gasteiger partial charge in [-0.3, -0.25) is 4.98 Å². The molecule has 5 rings (SSSR count). The summed E-state index contributed by atoms with van der Waals surface area (Å²) in [6.07, 6.45) is 7.30. The molecule has 184 valence electrons. The highest BCUT2D eigenvalue weighted by atomic mass is 35.5. The van der Waals surface area contributed by atoms with Crippen LogP contribution in [0, 0.1) is 0 Å². The molecule has 10 heteroatoms. The highest BCUT2D eigenvalue weighted by molar-refractivity contribution is 6.07. The number of anilines is 1. The summed E-state index contributed by atoms with van der Waals surface area (Å²) in [5.41, 5.74) is 11.2. The maximum Gasteiger partial charge on any atom is 0.152 e. The van der Waals surface area contributed by atoms with E-state index in [-0.39, 0.29) is 37.2 Å². The Balaban J connectivity index is 0.00000136. The van der Waals surface area contributed by atoms with Gasteiger partial charge in [0.1, 0.15) is 17.9 Å². The van der Waals surface area contributed by atoms with E-state index < -0.39 is 0 Å². The summed E-state index contributed by atoms with van der Waals surface area (Å²) in [6, 6.07) is 10.7. The topological polar surface area (TPSA) is 90.9 Å². The Hall–Kier alpha value is -2.16. The Labute approximate surface area is 218 Å². The molecule has 0 aliphatic carbocycles. The lowest BCUT2D eigenvalue weighted by atomic mass is 10.0. The minimum atomic E-state index is 0. The van der Waals surface area contributed by atoms with Crippen LogP contribution in [0.25, 0.3) is 33.1 Å². The number of hydrogen-bond donors (Lipinski definition) is 2. The quantitative estimate of drug-likeness (QED) is 0.361. The van der Waals surface area contributed by atoms with Gasteiger partial charge in [0, 0.05) is 42.5 Å². The number of ether oxygens (including phenoxy) is 1. The van der Waals surface area contributed by atoms with E-state index in [1.807, 2.05) is 19.2 Å². The first-order chi connectivity index (χ1) is 15.2. The lowest BCUT2D eigenvalue weighted by Crippen LogP contribution is -2.37. The predicted molar refractivity (Wildman–Crippen MR) is 145 cm³/mol. The fourth-order valence-corrected chi connectivity index (χ4v) is 4.47. The second-order valence-electron chi connectivity index (χ2n) is 8.09. The molecule has 0 bridgehead atoms. The van der Waals surface area contributed by atoms with Crippen LogP contribution in [0.2, 0.25) is 0 Å². The number of imidazole rings is 1. The van der Waals surface area contributed by atoms with Crippen molar-refractivity contribution >= 4 is 65.0 Å². The summed E-state index contributed by atoms with van der Waals surface area (Å²) >= 11 is 0. The van der Waals surface area contributed by atoms with E-state index in [9.17, 15) is 0 Å². The highest BCUT2D eigenvalue weighted by Crippen LogP contribution is 2.32. The van der Waals surface area contributed by atoms with Crippen molar-refractivity contribution in [3.8, 4) is 11.1 Å². The number of piperidine rings is 1. The third-order valence-electron chi connectivity index (χ3n) is 6.03. The van der Waals surface area contributed by atoms with Crippen LogP contribution >= 0.6 is 37.2 Å². The number of nitrogen functional groups attached to an aromatic ring is 1. The van der Waals surface area contributed by atoms with Crippen molar-refractivity contribution in [2.24, 2.45) is 0 Å². The van der Waals surface area contributed by atoms with Gasteiger partial charge in [-0.25, -0.2) is 9.97 Å². The third-order valence-corrected chi connectivity index (χ3v) is 6.03. The molecule has 1 fully saturated rings. The number of aromatic nitrogens is 4. The number of pyridine rings is 2. The second kappa shape index (κ2) is 12.5. The standard InChI is InChI=1S/C24H28N6O.3ClH/c1-2-31-15-21-29-22-23(30(21)14-18-7-3-4-11-27-18)19-9-8-16(12-20(19)28-24(22)25)17-6-5-10-26-13-17;;;/h5-6,8-10,12-13,18,27H,2-4,7,11,14-15H2,1H3,(H2,25,28);3*1H. The third kappa shape index (κ3) is 5.56. The Kier molecular flexibility index (Phi) is 10.3. The fraction of sp³-hybridized carbons (Fsp3) is 0.375. The number of fused-ring (bicyclic) bond motifs is 3. The van der Waals surface area contributed by atoms with Crippen molar-refractivity contribution in [3.63, 3.8) is 0 Å². The van der Waals surface area contributed by atoms with Crippen molar-refractivity contribution in [1.82, 2.24) is 24.8 Å². The number of halogens is 3. The van der Waals surface area contributed by atoms with Gasteiger partial charge in [-0.15, -0.1) is 37.2 Å². The number of nitrogens with two attached hydrogens (primary N) is 1. The zero-order valence-electron chi connectivity index (χ0n) is 19.1. The molecule has 0 saturated carbocycles. The molecule has 3 N–H and O–H groups in total. The number of nitrogens with one attached hydrogen (secondary N) is 1. The van der Waals surface area contributed by atoms with Crippen LogP contribution in [-0.4, -0.2) is 38.7 Å². The summed E-state index contributed by atoms with van der Waals surface area (Å²) in [6.45, 7) is 5.03. The van der Waals surface area contributed by atoms with E-state index in [2.05, 4.69) is 39.1 Å². The Bertz CT molecular complexity index is 1210. The minimum Gasteiger partial charge on any atom is -0.382 e. The molecule has 1 aliphatic heterocycles. The molecule has 1 saturated heterocycles. The van der Waals surface area contributed by atoms with Crippen LogP contribution < -0.4 is 11.1 Å². The Morgan fingerprint density at radius 2 is 1.97 bits per heavy atom. The monoisotopic (exact) mass is 524 g/mol. The summed E-state index contributed by atoms with van der Waals surface area (Å²) in [4.78, 5) is 13.8. The molecule has 1 aliphatic rings. The molecular formula is C24H31Cl3N6O. The largest absolute Gasteiger partial charge is 0.382 e. The SMILES string of the molecule is CCOCc1nc2c(N)nc3cc(-c4cccnc4)ccc3c2n1CC1CCCCN1.Cl.Cl.Cl. The van der Waals surface area contributed by atoms with Crippen molar-refractivity contribution in [1.29, 1.82) is 0 Å². The first-order valence-corrected chi connectivity index (χ1v) is 11.0. The van der Waals surface area contributed by atoms with Crippen LogP contribution in [0.4, 0.5) is 5.82 Å². The lowest BCUT2D eigenvalue weighted by Gasteiger charge is -2.25. The highest BCUT2D eigenvalue weighted by Gasteiger charge is 2.21. The van der Waals surface area contributed by atoms with Crippen LogP contribution in [0.15, 0.2) is 42.7 Å². The van der Waals surface area contributed by atoms with Gasteiger partial charge in [0.2, 0.25) is 0 Å². The van der Waals surface area contributed by atoms with Crippen LogP contribution in [0.3, 0.4) is 0 Å². The smallest absolute Gasteiger partial charge is 0.152 e. The van der Waals surface area contributed by atoms with E-state index in [0.29, 0.717) is 25.1 Å². The van der Waals surface area contributed by atoms with Crippen molar-refractivity contribution in [2.45, 2.75) is 45.4 Å². The summed E-state index contributed by atoms with van der Waals surface area (Å²) in [7, 11) is 0. The normalized spacial score (nSPS) is 15.4. The average molecular weight is 526 g/mol. The molecule has 34 heavy (non-hydrogen) atoms. The van der Waals surface area contributed by atoms with Crippen LogP contribution in [0.1, 0.15) is 32.0 Å². The number of benzene rings is 1. The number of nitrogens with zero attached hydrogens (tertiary/aromatic N) is 4. The van der Waals surface area contributed by atoms with Gasteiger partial charge in [-0.05, 0) is 44.0 Å². The molecule has 4 heterocycles. The van der Waals surface area contributed by atoms with Gasteiger partial charge in [0.15, 0.2) is 5.82 Å². The number of hydrogen-bond acceptors (Lipinski definition) is 6. The second-order valence-corrected chi connectivity index (χ2v) is 8.09. The molecule has 4 aromatic rings. The Morgan fingerprint density at radius 1 is 1.12 bits per heavy atom. The van der Waals surface area contributed by atoms with E-state index in [1.54, 1.807) is 6.20 Å². The van der Waals surface area contributed by atoms with Gasteiger partial charge in [-0.1, -0.05) is 24.6 Å². The van der Waals surface area contributed by atoms with Gasteiger partial charge >= 0.3 is 0 Å². The molecule has 0 spiro atoms. The zero-order chi connectivity index (χ0) is 21.2. The van der Waals surface area contributed by atoms with Crippen LogP contribution in [0.5, 0.6) is 0 Å². The van der Waals surface area contributed by atoms with Crippen molar-refractivity contribution in [3.05, 3.63) is 48.5 Å². The maximum atomic E-state index is 6.40. The van der Waals surface area contributed by atoms with Gasteiger partial charge in [0.05, 0.1) is 11.0 Å². The molecular weight excluding hydrogens is 495 g/mol. The van der Waals surface area contributed by atoms with Gasteiger partial charge < -0.3 is 20.4 Å². The minimum absolute atomic E-state index is 0. The molecule has 0 radical (unpaired) electrons. The summed E-state index contributed by atoms with van der Waals surface area (Å²) in [5, 5.41) is 4.71. The maximum absolute atomic E-state index is 6.40. The summed E-state index contributed by atoms with van der Waals surface area (Å²) < 4.78 is 8.03. The first kappa shape index (κ1) is 28.1. The van der Waals surface area contributed by atoms with Crippen molar-refractivity contribution < 1.29 is 4.74 Å². The van der Waals surface area contributed by atoms with Crippen LogP contribution in [-0.2, 0) is 17.9 Å². The lowest BCUT2D eigenvalue weighted by molar-refractivity contribution is 0.125. The fourth-order valence-electron chi connectivity index (χ4n) is 4.47. The first-order valence-electron chi connectivity index (χ1n) is 11.0. The van der Waals surface area contributed by atoms with E-state index in [4.69, 9.17) is 20.4 Å². The summed E-state index contributed by atoms with van der Waals surface area (Å²) in [5.74, 6) is 1.36. The molecule has 1 unspecified atom stereocenters. The molecule has 1 atom stereocenters. The average Bonchev–Trinajstić information content (AvgIpc) is 3.17. The van der Waals surface area contributed by atoms with E-state index >= 15 is 0 Å². The molecule has 3 aromatic heterocycles. The van der Waals surface area contributed by atoms with E-state index in [0.717, 1.165) is 58.4 Å². The number of rotatable bonds is 6. The van der Waals surface area contributed by atoms with E-state index in [1.165, 1.54) is 12.8 Å². The van der Waals surface area contributed by atoms with Gasteiger partial charge in [0.25, 0.3) is 0 Å². The Morgan fingerprint density at radius 3 is 2.68 bits per heavy atom. The predicted octanol–water partition coefficient (Wildman–Crippen LogP) is 5.17. The van der Waals surface area contributed by atoms with Gasteiger partial charge in [-0.2, -0.15) is 0 Å².